The lowest BCUT2D eigenvalue weighted by atomic mass is 9.85. The van der Waals surface area contributed by atoms with Gasteiger partial charge in [-0.1, -0.05) is 24.3 Å². The summed E-state index contributed by atoms with van der Waals surface area (Å²) in [5.74, 6) is -0.816. The number of benzene rings is 2. The summed E-state index contributed by atoms with van der Waals surface area (Å²) in [7, 11) is 3.44. The summed E-state index contributed by atoms with van der Waals surface area (Å²) in [6, 6.07) is 13.9. The first kappa shape index (κ1) is 21.9. The highest BCUT2D eigenvalue weighted by molar-refractivity contribution is 5.65. The minimum Gasteiger partial charge on any atom is -0.372 e. The van der Waals surface area contributed by atoms with Crippen molar-refractivity contribution in [3.05, 3.63) is 107 Å². The van der Waals surface area contributed by atoms with E-state index in [0.29, 0.717) is 39.5 Å². The van der Waals surface area contributed by atoms with Gasteiger partial charge in [-0.05, 0) is 37.6 Å². The van der Waals surface area contributed by atoms with Gasteiger partial charge in [-0.25, -0.2) is 4.68 Å². The summed E-state index contributed by atoms with van der Waals surface area (Å²) in [4.78, 5) is 39.4. The van der Waals surface area contributed by atoms with E-state index in [0.717, 1.165) is 0 Å². The number of aromatic nitrogens is 4. The molecule has 2 aromatic carbocycles. The molecule has 10 heteroatoms. The van der Waals surface area contributed by atoms with Crippen molar-refractivity contribution in [3.63, 3.8) is 0 Å². The Kier molecular flexibility index (Phi) is 5.50. The predicted molar refractivity (Wildman–Crippen MR) is 126 cm³/mol. The molecule has 0 spiro atoms. The van der Waals surface area contributed by atoms with Gasteiger partial charge in [0.1, 0.15) is 5.69 Å². The van der Waals surface area contributed by atoms with Gasteiger partial charge >= 0.3 is 0 Å². The number of H-pyrrole nitrogens is 3. The Balaban J connectivity index is 2.02. The first-order chi connectivity index (χ1) is 15.7. The number of hydrogen-bond acceptors (Lipinski definition) is 5. The van der Waals surface area contributed by atoms with Crippen molar-refractivity contribution in [1.29, 1.82) is 0 Å². The molecule has 170 valence electrons. The number of nitrogens with one attached hydrogen (secondary N) is 3. The number of anilines is 1. The zero-order chi connectivity index (χ0) is 23.9. The van der Waals surface area contributed by atoms with Gasteiger partial charge in [-0.3, -0.25) is 29.9 Å². The van der Waals surface area contributed by atoms with Crippen LogP contribution in [0, 0.1) is 24.0 Å². The predicted octanol–water partition coefficient (Wildman–Crippen LogP) is 2.95. The van der Waals surface area contributed by atoms with Gasteiger partial charge in [0, 0.05) is 37.5 Å². The SMILES string of the molecule is Cc1[nH][nH]c(=O)c1C(c1ccc(N(C)C)c([N+](=O)[O-])c1)c1c(C)[nH]n(-c2ccccc2)c1=O. The van der Waals surface area contributed by atoms with Crippen molar-refractivity contribution in [2.75, 3.05) is 19.0 Å². The average Bonchev–Trinajstić information content (AvgIpc) is 3.27. The second-order valence-electron chi connectivity index (χ2n) is 8.08. The summed E-state index contributed by atoms with van der Waals surface area (Å²) < 4.78 is 1.41. The van der Waals surface area contributed by atoms with Gasteiger partial charge in [0.2, 0.25) is 0 Å². The Bertz CT molecular complexity index is 1440. The number of rotatable bonds is 6. The molecule has 0 aliphatic carbocycles. The normalized spacial score (nSPS) is 12.0. The molecule has 0 saturated carbocycles. The van der Waals surface area contributed by atoms with E-state index in [1.807, 2.05) is 18.2 Å². The van der Waals surface area contributed by atoms with Crippen LogP contribution in [0.5, 0.6) is 0 Å². The topological polar surface area (TPSA) is 133 Å². The summed E-state index contributed by atoms with van der Waals surface area (Å²) >= 11 is 0. The quantitative estimate of drug-likeness (QED) is 0.308. The second kappa shape index (κ2) is 8.30. The Labute approximate surface area is 188 Å². The molecule has 10 nitrogen and oxygen atoms in total. The molecular weight excluding hydrogens is 424 g/mol. The summed E-state index contributed by atoms with van der Waals surface area (Å²) in [5.41, 5.74) is 2.51. The number of nitro groups is 1. The molecule has 0 amide bonds. The van der Waals surface area contributed by atoms with E-state index in [2.05, 4.69) is 15.3 Å². The minimum absolute atomic E-state index is 0.108. The Morgan fingerprint density at radius 1 is 0.970 bits per heavy atom. The van der Waals surface area contributed by atoms with Gasteiger partial charge in [0.25, 0.3) is 16.8 Å². The molecule has 0 aliphatic heterocycles. The van der Waals surface area contributed by atoms with Crippen LogP contribution in [0.25, 0.3) is 5.69 Å². The molecule has 4 aromatic rings. The summed E-state index contributed by atoms with van der Waals surface area (Å²) in [5, 5.41) is 20.3. The van der Waals surface area contributed by atoms with Crippen LogP contribution in [0.2, 0.25) is 0 Å². The van der Waals surface area contributed by atoms with E-state index < -0.39 is 10.8 Å². The first-order valence-electron chi connectivity index (χ1n) is 10.3. The molecule has 1 atom stereocenters. The van der Waals surface area contributed by atoms with E-state index in [1.165, 1.54) is 10.7 Å². The fourth-order valence-electron chi connectivity index (χ4n) is 4.18. The molecule has 1 unspecified atom stereocenters. The highest BCUT2D eigenvalue weighted by atomic mass is 16.6. The minimum atomic E-state index is -0.816. The molecule has 0 radical (unpaired) electrons. The zero-order valence-corrected chi connectivity index (χ0v) is 18.7. The largest absolute Gasteiger partial charge is 0.372 e. The maximum atomic E-state index is 13.6. The van der Waals surface area contributed by atoms with E-state index in [4.69, 9.17) is 0 Å². The Hall–Kier alpha value is -4.34. The van der Waals surface area contributed by atoms with Crippen LogP contribution in [0.3, 0.4) is 0 Å². The Morgan fingerprint density at radius 2 is 1.67 bits per heavy atom. The van der Waals surface area contributed by atoms with Crippen molar-refractivity contribution < 1.29 is 4.92 Å². The third kappa shape index (κ3) is 3.75. The molecule has 0 fully saturated rings. The van der Waals surface area contributed by atoms with Crippen molar-refractivity contribution in [1.82, 2.24) is 20.0 Å². The van der Waals surface area contributed by atoms with Gasteiger partial charge in [-0.15, -0.1) is 0 Å². The zero-order valence-electron chi connectivity index (χ0n) is 18.7. The van der Waals surface area contributed by atoms with Crippen LogP contribution in [0.15, 0.2) is 58.1 Å². The van der Waals surface area contributed by atoms with E-state index >= 15 is 0 Å². The van der Waals surface area contributed by atoms with Crippen LogP contribution in [0.1, 0.15) is 34.0 Å². The number of nitro benzene ring substituents is 1. The number of hydrogen-bond donors (Lipinski definition) is 3. The fourth-order valence-corrected chi connectivity index (χ4v) is 4.18. The molecule has 0 bridgehead atoms. The van der Waals surface area contributed by atoms with Crippen LogP contribution in [-0.4, -0.2) is 39.0 Å². The second-order valence-corrected chi connectivity index (χ2v) is 8.08. The van der Waals surface area contributed by atoms with E-state index in [9.17, 15) is 19.7 Å². The van der Waals surface area contributed by atoms with Crippen molar-refractivity contribution in [2.24, 2.45) is 0 Å². The molecule has 0 saturated heterocycles. The molecular formula is C23H24N6O4. The highest BCUT2D eigenvalue weighted by Crippen LogP contribution is 2.36. The molecule has 33 heavy (non-hydrogen) atoms. The van der Waals surface area contributed by atoms with Gasteiger partial charge in [0.05, 0.1) is 21.7 Å². The monoisotopic (exact) mass is 448 g/mol. The van der Waals surface area contributed by atoms with E-state index in [-0.39, 0.29) is 16.8 Å². The van der Waals surface area contributed by atoms with Crippen LogP contribution >= 0.6 is 0 Å². The van der Waals surface area contributed by atoms with Crippen LogP contribution in [-0.2, 0) is 0 Å². The number of para-hydroxylation sites is 1. The summed E-state index contributed by atoms with van der Waals surface area (Å²) in [6.45, 7) is 3.47. The fraction of sp³-hybridized carbons (Fsp3) is 0.217. The lowest BCUT2D eigenvalue weighted by molar-refractivity contribution is -0.384. The van der Waals surface area contributed by atoms with Gasteiger partial charge in [-0.2, -0.15) is 0 Å². The lowest BCUT2D eigenvalue weighted by Gasteiger charge is -2.18. The van der Waals surface area contributed by atoms with Crippen LogP contribution in [0.4, 0.5) is 11.4 Å². The first-order valence-corrected chi connectivity index (χ1v) is 10.3. The smallest absolute Gasteiger partial charge is 0.292 e. The molecule has 2 heterocycles. The van der Waals surface area contributed by atoms with Gasteiger partial charge in [0.15, 0.2) is 0 Å². The van der Waals surface area contributed by atoms with E-state index in [1.54, 1.807) is 57.1 Å². The van der Waals surface area contributed by atoms with Gasteiger partial charge < -0.3 is 10.00 Å². The maximum absolute atomic E-state index is 13.6. The number of aromatic amines is 3. The molecule has 2 aromatic heterocycles. The molecule has 3 N–H and O–H groups in total. The Morgan fingerprint density at radius 3 is 2.24 bits per heavy atom. The highest BCUT2D eigenvalue weighted by Gasteiger charge is 2.31. The number of nitrogens with zero attached hydrogens (tertiary/aromatic N) is 3. The van der Waals surface area contributed by atoms with Crippen LogP contribution < -0.4 is 16.0 Å². The average molecular weight is 448 g/mol. The van der Waals surface area contributed by atoms with Crippen molar-refractivity contribution in [3.8, 4) is 5.69 Å². The molecule has 0 aliphatic rings. The third-order valence-electron chi connectivity index (χ3n) is 5.73. The van der Waals surface area contributed by atoms with Crippen molar-refractivity contribution in [2.45, 2.75) is 19.8 Å². The lowest BCUT2D eigenvalue weighted by Crippen LogP contribution is -2.23. The third-order valence-corrected chi connectivity index (χ3v) is 5.73. The number of aryl methyl sites for hydroxylation is 2. The summed E-state index contributed by atoms with van der Waals surface area (Å²) in [6.07, 6.45) is 0. The van der Waals surface area contributed by atoms with Crippen molar-refractivity contribution >= 4 is 11.4 Å². The molecule has 4 rings (SSSR count). The maximum Gasteiger partial charge on any atom is 0.292 e. The standard InChI is InChI=1S/C23H24N6O4/c1-13-19(22(30)25-24-13)21(15-10-11-17(27(3)4)18(12-15)29(32)33)20-14(2)26-28(23(20)31)16-8-6-5-7-9-16/h5-12,21,26H,1-4H3,(H2,24,25,30).